The summed E-state index contributed by atoms with van der Waals surface area (Å²) in [7, 11) is -2.00. The average molecular weight is 379 g/mol. The van der Waals surface area contributed by atoms with Crippen molar-refractivity contribution in [2.24, 2.45) is 0 Å². The summed E-state index contributed by atoms with van der Waals surface area (Å²) < 4.78 is 38.9. The molecule has 26 heavy (non-hydrogen) atoms. The molecule has 0 spiro atoms. The van der Waals surface area contributed by atoms with E-state index in [-0.39, 0.29) is 29.2 Å². The van der Waals surface area contributed by atoms with Crippen LogP contribution in [0.3, 0.4) is 0 Å². The zero-order valence-corrected chi connectivity index (χ0v) is 15.7. The number of carbonyl (C=O) groups is 1. The summed E-state index contributed by atoms with van der Waals surface area (Å²) >= 11 is 0. The van der Waals surface area contributed by atoms with Gasteiger partial charge in [0.15, 0.2) is 0 Å². The third-order valence-corrected chi connectivity index (χ3v) is 5.89. The Labute approximate surface area is 153 Å². The molecule has 2 aromatic rings. The molecule has 0 fully saturated rings. The van der Waals surface area contributed by atoms with Crippen molar-refractivity contribution in [2.45, 2.75) is 24.8 Å². The van der Waals surface area contributed by atoms with E-state index in [0.29, 0.717) is 11.4 Å². The van der Waals surface area contributed by atoms with Crippen molar-refractivity contribution in [3.8, 4) is 0 Å². The Morgan fingerprint density at radius 3 is 2.12 bits per heavy atom. The van der Waals surface area contributed by atoms with Crippen LogP contribution < -0.4 is 10.6 Å². The van der Waals surface area contributed by atoms with Crippen LogP contribution >= 0.6 is 0 Å². The highest BCUT2D eigenvalue weighted by molar-refractivity contribution is 7.89. The quantitative estimate of drug-likeness (QED) is 0.775. The van der Waals surface area contributed by atoms with Crippen LogP contribution in [0.4, 0.5) is 15.8 Å². The molecule has 0 aliphatic rings. The Hall–Kier alpha value is -2.45. The van der Waals surface area contributed by atoms with E-state index in [2.05, 4.69) is 10.6 Å². The van der Waals surface area contributed by atoms with Crippen LogP contribution in [0.5, 0.6) is 0 Å². The van der Waals surface area contributed by atoms with Gasteiger partial charge in [0.25, 0.3) is 0 Å². The number of hydrogen-bond donors (Lipinski definition) is 2. The maximum atomic E-state index is 12.8. The molecule has 0 radical (unpaired) electrons. The minimum atomic E-state index is -3.53. The highest BCUT2D eigenvalue weighted by Crippen LogP contribution is 2.19. The van der Waals surface area contributed by atoms with Crippen molar-refractivity contribution in [2.75, 3.05) is 24.2 Å². The summed E-state index contributed by atoms with van der Waals surface area (Å²) in [5.41, 5.74) is 1.11. The van der Waals surface area contributed by atoms with Gasteiger partial charge in [-0.2, -0.15) is 4.31 Å². The summed E-state index contributed by atoms with van der Waals surface area (Å²) in [5.74, 6) is -0.674. The predicted octanol–water partition coefficient (Wildman–Crippen LogP) is 2.91. The zero-order chi connectivity index (χ0) is 19.3. The van der Waals surface area contributed by atoms with E-state index in [1.807, 2.05) is 0 Å². The van der Waals surface area contributed by atoms with Crippen LogP contribution in [0.2, 0.25) is 0 Å². The molecule has 0 saturated heterocycles. The van der Waals surface area contributed by atoms with Crippen LogP contribution in [0.15, 0.2) is 53.4 Å². The number of carbonyl (C=O) groups excluding carboxylic acids is 1. The molecular weight excluding hydrogens is 357 g/mol. The first-order chi connectivity index (χ1) is 12.2. The number of hydrogen-bond acceptors (Lipinski definition) is 4. The third kappa shape index (κ3) is 5.03. The SMILES string of the molecule is CC(C)N(C)S(=O)(=O)c1ccc(NCC(=O)Nc2ccc(F)cc2)cc1. The Morgan fingerprint density at radius 2 is 1.58 bits per heavy atom. The van der Waals surface area contributed by atoms with Gasteiger partial charge in [0, 0.05) is 24.5 Å². The largest absolute Gasteiger partial charge is 0.376 e. The van der Waals surface area contributed by atoms with Crippen LogP contribution in [0, 0.1) is 5.82 Å². The summed E-state index contributed by atoms with van der Waals surface area (Å²) in [6.45, 7) is 3.59. The lowest BCUT2D eigenvalue weighted by Gasteiger charge is -2.21. The molecule has 0 bridgehead atoms. The maximum Gasteiger partial charge on any atom is 0.243 e. The summed E-state index contributed by atoms with van der Waals surface area (Å²) in [4.78, 5) is 12.1. The standard InChI is InChI=1S/C18H22FN3O3S/c1-13(2)22(3)26(24,25)17-10-8-15(9-11-17)20-12-18(23)21-16-6-4-14(19)5-7-16/h4-11,13,20H,12H2,1-3H3,(H,21,23). The van der Waals surface area contributed by atoms with E-state index in [9.17, 15) is 17.6 Å². The van der Waals surface area contributed by atoms with Crippen LogP contribution in [0.1, 0.15) is 13.8 Å². The smallest absolute Gasteiger partial charge is 0.243 e. The van der Waals surface area contributed by atoms with Gasteiger partial charge in [-0.1, -0.05) is 0 Å². The van der Waals surface area contributed by atoms with E-state index < -0.39 is 10.0 Å². The lowest BCUT2D eigenvalue weighted by Crippen LogP contribution is -2.33. The third-order valence-electron chi connectivity index (χ3n) is 3.84. The first-order valence-corrected chi connectivity index (χ1v) is 9.51. The Balaban J connectivity index is 1.95. The van der Waals surface area contributed by atoms with Crippen molar-refractivity contribution in [3.63, 3.8) is 0 Å². The number of amides is 1. The molecule has 0 unspecified atom stereocenters. The number of nitrogens with one attached hydrogen (secondary N) is 2. The van der Waals surface area contributed by atoms with E-state index in [4.69, 9.17) is 0 Å². The number of rotatable bonds is 7. The fourth-order valence-corrected chi connectivity index (χ4v) is 3.48. The monoisotopic (exact) mass is 379 g/mol. The van der Waals surface area contributed by atoms with E-state index in [1.165, 1.54) is 47.8 Å². The molecule has 0 heterocycles. The van der Waals surface area contributed by atoms with Gasteiger partial charge in [0.2, 0.25) is 15.9 Å². The van der Waals surface area contributed by atoms with Crippen LogP contribution in [0.25, 0.3) is 0 Å². The van der Waals surface area contributed by atoms with Gasteiger partial charge in [-0.25, -0.2) is 12.8 Å². The van der Waals surface area contributed by atoms with Gasteiger partial charge >= 0.3 is 0 Å². The number of benzene rings is 2. The summed E-state index contributed by atoms with van der Waals surface area (Å²) in [6.07, 6.45) is 0. The Bertz CT molecular complexity index is 850. The molecule has 0 atom stereocenters. The lowest BCUT2D eigenvalue weighted by molar-refractivity contribution is -0.114. The molecule has 2 aromatic carbocycles. The molecule has 2 rings (SSSR count). The van der Waals surface area contributed by atoms with Crippen molar-refractivity contribution >= 4 is 27.3 Å². The molecule has 2 N–H and O–H groups in total. The van der Waals surface area contributed by atoms with E-state index in [1.54, 1.807) is 26.0 Å². The lowest BCUT2D eigenvalue weighted by atomic mass is 10.3. The highest BCUT2D eigenvalue weighted by Gasteiger charge is 2.22. The van der Waals surface area contributed by atoms with Gasteiger partial charge in [0.1, 0.15) is 5.82 Å². The minimum absolute atomic E-state index is 0.00459. The number of nitrogens with zero attached hydrogens (tertiary/aromatic N) is 1. The second-order valence-corrected chi connectivity index (χ2v) is 8.05. The second kappa shape index (κ2) is 8.29. The van der Waals surface area contributed by atoms with Crippen LogP contribution in [-0.4, -0.2) is 38.3 Å². The van der Waals surface area contributed by atoms with Crippen molar-refractivity contribution < 1.29 is 17.6 Å². The first kappa shape index (κ1) is 19.9. The maximum absolute atomic E-state index is 12.8. The van der Waals surface area contributed by atoms with E-state index >= 15 is 0 Å². The molecule has 8 heteroatoms. The number of sulfonamides is 1. The number of anilines is 2. The topological polar surface area (TPSA) is 78.5 Å². The Kier molecular flexibility index (Phi) is 6.33. The fraction of sp³-hybridized carbons (Fsp3) is 0.278. The second-order valence-electron chi connectivity index (χ2n) is 6.05. The van der Waals surface area contributed by atoms with Crippen molar-refractivity contribution in [1.82, 2.24) is 4.31 Å². The van der Waals surface area contributed by atoms with Gasteiger partial charge in [-0.15, -0.1) is 0 Å². The van der Waals surface area contributed by atoms with Gasteiger partial charge in [0.05, 0.1) is 11.4 Å². The van der Waals surface area contributed by atoms with E-state index in [0.717, 1.165) is 0 Å². The molecule has 0 saturated carbocycles. The summed E-state index contributed by atoms with van der Waals surface area (Å²) in [5, 5.41) is 5.54. The van der Waals surface area contributed by atoms with Gasteiger partial charge in [-0.05, 0) is 62.4 Å². The first-order valence-electron chi connectivity index (χ1n) is 8.07. The molecule has 0 aliphatic heterocycles. The number of halogens is 1. The molecule has 140 valence electrons. The molecular formula is C18H22FN3O3S. The molecule has 1 amide bonds. The van der Waals surface area contributed by atoms with Crippen molar-refractivity contribution in [1.29, 1.82) is 0 Å². The van der Waals surface area contributed by atoms with Crippen LogP contribution in [-0.2, 0) is 14.8 Å². The fourth-order valence-electron chi connectivity index (χ4n) is 2.11. The molecule has 0 aromatic heterocycles. The normalized spacial score (nSPS) is 11.6. The van der Waals surface area contributed by atoms with Gasteiger partial charge < -0.3 is 10.6 Å². The molecule has 6 nitrogen and oxygen atoms in total. The van der Waals surface area contributed by atoms with Gasteiger partial charge in [-0.3, -0.25) is 4.79 Å². The predicted molar refractivity (Wildman–Crippen MR) is 100 cm³/mol. The Morgan fingerprint density at radius 1 is 1.04 bits per heavy atom. The minimum Gasteiger partial charge on any atom is -0.376 e. The summed E-state index contributed by atoms with van der Waals surface area (Å²) in [6, 6.07) is 11.5. The van der Waals surface area contributed by atoms with Crippen molar-refractivity contribution in [3.05, 3.63) is 54.3 Å². The highest BCUT2D eigenvalue weighted by atomic mass is 32.2. The molecule has 0 aliphatic carbocycles. The zero-order valence-electron chi connectivity index (χ0n) is 14.9. The average Bonchev–Trinajstić information content (AvgIpc) is 2.61.